The van der Waals surface area contributed by atoms with Crippen LogP contribution in [0.5, 0.6) is 0 Å². The van der Waals surface area contributed by atoms with Gasteiger partial charge in [0, 0.05) is 33.1 Å². The molecule has 0 unspecified atom stereocenters. The van der Waals surface area contributed by atoms with Crippen LogP contribution >= 0.6 is 22.7 Å². The van der Waals surface area contributed by atoms with Crippen molar-refractivity contribution in [2.45, 2.75) is 75.0 Å². The monoisotopic (exact) mass is 816 g/mol. The normalized spacial score (nSPS) is 18.3. The van der Waals surface area contributed by atoms with E-state index in [4.69, 9.17) is 9.97 Å². The molecule has 0 amide bonds. The summed E-state index contributed by atoms with van der Waals surface area (Å²) in [6.07, 6.45) is 13.2. The van der Waals surface area contributed by atoms with Crippen LogP contribution in [0.1, 0.15) is 160 Å². The van der Waals surface area contributed by atoms with Gasteiger partial charge in [0.05, 0.1) is 54.5 Å². The van der Waals surface area contributed by atoms with Crippen molar-refractivity contribution in [3.8, 4) is 45.2 Å². The Morgan fingerprint density at radius 3 is 1.08 bits per heavy atom. The zero-order chi connectivity index (χ0) is 41.2. The second-order valence-electron chi connectivity index (χ2n) is 16.5. The fourth-order valence-corrected chi connectivity index (χ4v) is 13.1. The van der Waals surface area contributed by atoms with Gasteiger partial charge >= 0.3 is 0 Å². The van der Waals surface area contributed by atoms with Crippen molar-refractivity contribution in [3.05, 3.63) is 125 Å². The maximum absolute atomic E-state index is 13.6. The van der Waals surface area contributed by atoms with Gasteiger partial charge in [-0.25, -0.2) is 9.97 Å². The van der Waals surface area contributed by atoms with Gasteiger partial charge in [-0.3, -0.25) is 19.2 Å². The Hall–Kier alpha value is -6.96. The van der Waals surface area contributed by atoms with E-state index in [9.17, 15) is 40.2 Å². The van der Waals surface area contributed by atoms with E-state index in [1.165, 1.54) is 58.1 Å². The van der Waals surface area contributed by atoms with Crippen LogP contribution in [-0.2, 0) is 10.8 Å². The second-order valence-corrected chi connectivity index (χ2v) is 18.5. The fraction of sp³-hybridized carbons (Fsp3) is 0.250. The van der Waals surface area contributed by atoms with Crippen molar-refractivity contribution < 1.29 is 19.2 Å². The molecule has 2 heterocycles. The summed E-state index contributed by atoms with van der Waals surface area (Å²) >= 11 is 2.97. The summed E-state index contributed by atoms with van der Waals surface area (Å²) in [5.41, 5.74) is 6.69. The Bertz CT molecular complexity index is 2870. The number of nitrogens with zero attached hydrogens (tertiary/aromatic N) is 6. The molecule has 6 aliphatic rings. The topological polar surface area (TPSA) is 189 Å². The lowest BCUT2D eigenvalue weighted by Crippen LogP contribution is -2.30. The standard InChI is InChI=1S/C48H28N6O4S2/c49-19-23-11-27-28(12-24(23)20-50)40(56)33(39(27)55)17-37-53-45-43(59-37)31-16-36-32(15-35(31)47(45)7-3-1-4-8-47)44-46(48(36)9-5-2-6-10-48)54-38(60-44)18-34-41(57)29-13-25(21-51)26(22-52)14-30(29)42(34)58/h11-18H,1-10H2. The lowest BCUT2D eigenvalue weighted by atomic mass is 9.67. The molecular weight excluding hydrogens is 789 g/mol. The van der Waals surface area contributed by atoms with Gasteiger partial charge in [0.25, 0.3) is 0 Å². The summed E-state index contributed by atoms with van der Waals surface area (Å²) in [6, 6.07) is 17.9. The highest BCUT2D eigenvalue weighted by molar-refractivity contribution is 7.16. The molecule has 2 spiro atoms. The Kier molecular flexibility index (Phi) is 7.69. The summed E-state index contributed by atoms with van der Waals surface area (Å²) in [7, 11) is 0. The van der Waals surface area contributed by atoms with E-state index in [1.54, 1.807) is 12.2 Å². The van der Waals surface area contributed by atoms with Crippen molar-refractivity contribution >= 4 is 58.0 Å². The lowest BCUT2D eigenvalue weighted by Gasteiger charge is -2.36. The predicted molar refractivity (Wildman–Crippen MR) is 221 cm³/mol. The molecule has 0 bridgehead atoms. The van der Waals surface area contributed by atoms with Gasteiger partial charge in [0.15, 0.2) is 23.1 Å². The van der Waals surface area contributed by atoms with Crippen LogP contribution in [0, 0.1) is 45.3 Å². The number of hydrogen-bond donors (Lipinski definition) is 0. The van der Waals surface area contributed by atoms with Crippen LogP contribution in [0.4, 0.5) is 0 Å². The number of aromatic nitrogens is 2. The molecule has 0 aliphatic heterocycles. The first kappa shape index (κ1) is 36.1. The van der Waals surface area contributed by atoms with Gasteiger partial charge in [0.2, 0.25) is 0 Å². The summed E-state index contributed by atoms with van der Waals surface area (Å²) < 4.78 is 0. The van der Waals surface area contributed by atoms with Gasteiger partial charge in [-0.15, -0.1) is 22.7 Å². The van der Waals surface area contributed by atoms with Crippen molar-refractivity contribution in [3.63, 3.8) is 0 Å². The molecule has 2 aromatic heterocycles. The third-order valence-electron chi connectivity index (χ3n) is 13.6. The van der Waals surface area contributed by atoms with E-state index in [1.807, 2.05) is 24.3 Å². The van der Waals surface area contributed by atoms with Gasteiger partial charge in [0.1, 0.15) is 34.3 Å². The average molecular weight is 817 g/mol. The number of fused-ring (bicyclic) bond motifs is 12. The van der Waals surface area contributed by atoms with Gasteiger partial charge in [-0.1, -0.05) is 38.5 Å². The molecule has 286 valence electrons. The maximum atomic E-state index is 13.6. The molecule has 10 nitrogen and oxygen atoms in total. The first-order valence-corrected chi connectivity index (χ1v) is 21.6. The molecule has 11 rings (SSSR count). The Morgan fingerprint density at radius 2 is 0.783 bits per heavy atom. The number of benzene rings is 3. The maximum Gasteiger partial charge on any atom is 0.197 e. The largest absolute Gasteiger partial charge is 0.288 e. The van der Waals surface area contributed by atoms with Crippen LogP contribution in [0.15, 0.2) is 47.5 Å². The number of hydrogen-bond acceptors (Lipinski definition) is 12. The molecule has 0 radical (unpaired) electrons. The van der Waals surface area contributed by atoms with Crippen molar-refractivity contribution in [2.75, 3.05) is 0 Å². The highest BCUT2D eigenvalue weighted by Crippen LogP contribution is 2.63. The van der Waals surface area contributed by atoms with E-state index in [0.29, 0.717) is 10.0 Å². The number of nitriles is 4. The lowest BCUT2D eigenvalue weighted by molar-refractivity contribution is 0.0975. The van der Waals surface area contributed by atoms with Gasteiger partial charge < -0.3 is 0 Å². The molecule has 3 aromatic carbocycles. The number of allylic oxidation sites excluding steroid dienone is 2. The number of carbonyl (C=O) groups excluding carboxylic acids is 4. The van der Waals surface area contributed by atoms with Crippen LogP contribution in [0.25, 0.3) is 33.0 Å². The molecule has 2 saturated carbocycles. The smallest absolute Gasteiger partial charge is 0.197 e. The van der Waals surface area contributed by atoms with Crippen LogP contribution in [0.3, 0.4) is 0 Å². The third-order valence-corrected chi connectivity index (χ3v) is 15.6. The number of Topliss-reactive ketones (excluding diaryl/α,β-unsaturated/α-hetero) is 4. The second kappa shape index (κ2) is 12.8. The van der Waals surface area contributed by atoms with E-state index < -0.39 is 23.1 Å². The van der Waals surface area contributed by atoms with E-state index in [-0.39, 0.29) is 66.5 Å². The van der Waals surface area contributed by atoms with Crippen molar-refractivity contribution in [1.29, 1.82) is 21.0 Å². The van der Waals surface area contributed by atoms with Gasteiger partial charge in [-0.05, 0) is 96.5 Å². The zero-order valence-corrected chi connectivity index (χ0v) is 33.5. The molecule has 6 aliphatic carbocycles. The summed E-state index contributed by atoms with van der Waals surface area (Å²) in [5, 5.41) is 39.4. The average Bonchev–Trinajstić information content (AvgIpc) is 4.09. The molecule has 0 saturated heterocycles. The quantitative estimate of drug-likeness (QED) is 0.123. The molecule has 5 aromatic rings. The molecule has 12 heteroatoms. The Labute approximate surface area is 351 Å². The summed E-state index contributed by atoms with van der Waals surface area (Å²) in [5.74, 6) is -1.90. The Morgan fingerprint density at radius 1 is 0.467 bits per heavy atom. The minimum absolute atomic E-state index is 0.0190. The molecule has 2 fully saturated rings. The number of rotatable bonds is 2. The van der Waals surface area contributed by atoms with Crippen LogP contribution < -0.4 is 0 Å². The van der Waals surface area contributed by atoms with Crippen LogP contribution in [-0.4, -0.2) is 33.1 Å². The van der Waals surface area contributed by atoms with Crippen LogP contribution in [0.2, 0.25) is 0 Å². The van der Waals surface area contributed by atoms with E-state index in [0.717, 1.165) is 96.5 Å². The first-order valence-electron chi connectivity index (χ1n) is 20.0. The van der Waals surface area contributed by atoms with Gasteiger partial charge in [-0.2, -0.15) is 21.0 Å². The minimum Gasteiger partial charge on any atom is -0.288 e. The minimum atomic E-state index is -0.475. The zero-order valence-electron chi connectivity index (χ0n) is 31.8. The number of ketones is 4. The third kappa shape index (κ3) is 4.69. The number of thiazole rings is 2. The highest BCUT2D eigenvalue weighted by atomic mass is 32.1. The Balaban J connectivity index is 1.02. The molecule has 0 atom stereocenters. The SMILES string of the molecule is N#Cc1cc2c(cc1C#N)C(=O)C(=Cc1nc3c(s1)-c1cc4c(cc1C31CCCCC1)-c1sc(C=C3C(=O)c5cc(C#N)c(C#N)cc5C3=O)nc1C41CCCCC1)C2=O. The predicted octanol–water partition coefficient (Wildman–Crippen LogP) is 9.47. The van der Waals surface area contributed by atoms with E-state index in [2.05, 4.69) is 12.1 Å². The van der Waals surface area contributed by atoms with Crippen molar-refractivity contribution in [2.24, 2.45) is 0 Å². The summed E-state index contributed by atoms with van der Waals surface area (Å²) in [4.78, 5) is 67.0. The molecular formula is C48H28N6O4S2. The molecule has 0 N–H and O–H groups in total. The summed E-state index contributed by atoms with van der Waals surface area (Å²) in [6.45, 7) is 0. The van der Waals surface area contributed by atoms with Crippen molar-refractivity contribution in [1.82, 2.24) is 9.97 Å². The molecule has 60 heavy (non-hydrogen) atoms. The first-order chi connectivity index (χ1) is 29.1. The fourth-order valence-electron chi connectivity index (χ4n) is 10.8. The number of carbonyl (C=O) groups is 4. The van der Waals surface area contributed by atoms with E-state index >= 15 is 0 Å². The highest BCUT2D eigenvalue weighted by Gasteiger charge is 2.52.